The fraction of sp³-hybridized carbons (Fsp3) is 0.533. The minimum atomic E-state index is -0.722. The molecular formula is C15H19NO6. The molecule has 7 nitrogen and oxygen atoms in total. The first kappa shape index (κ1) is 16.4. The van der Waals surface area contributed by atoms with Crippen molar-refractivity contribution in [2.24, 2.45) is 0 Å². The first-order valence-corrected chi connectivity index (χ1v) is 7.25. The second-order valence-electron chi connectivity index (χ2n) is 5.14. The van der Waals surface area contributed by atoms with Crippen LogP contribution >= 0.6 is 0 Å². The van der Waals surface area contributed by atoms with Crippen LogP contribution in [0.15, 0.2) is 24.3 Å². The van der Waals surface area contributed by atoms with Crippen molar-refractivity contribution >= 4 is 11.7 Å². The van der Waals surface area contributed by atoms with Gasteiger partial charge in [-0.05, 0) is 38.3 Å². The summed E-state index contributed by atoms with van der Waals surface area (Å²) in [5, 5.41) is 10.5. The Labute approximate surface area is 128 Å². The average Bonchev–Trinajstić information content (AvgIpc) is 2.54. The quantitative estimate of drug-likeness (QED) is 0.347. The molecule has 0 amide bonds. The van der Waals surface area contributed by atoms with E-state index in [4.69, 9.17) is 14.2 Å². The molecule has 0 aromatic heterocycles. The number of esters is 1. The highest BCUT2D eigenvalue weighted by Gasteiger charge is 2.20. The lowest BCUT2D eigenvalue weighted by atomic mass is 10.1. The number of carbonyl (C=O) groups excluding carboxylic acids is 1. The number of non-ortho nitro benzene ring substituents is 1. The summed E-state index contributed by atoms with van der Waals surface area (Å²) < 4.78 is 16.1. The van der Waals surface area contributed by atoms with Gasteiger partial charge in [0.15, 0.2) is 6.10 Å². The summed E-state index contributed by atoms with van der Waals surface area (Å²) in [5.41, 5.74) is -0.0569. The maximum absolute atomic E-state index is 11.9. The number of nitro benzene ring substituents is 1. The van der Waals surface area contributed by atoms with Gasteiger partial charge in [0, 0.05) is 18.7 Å². The normalized spacial score (nSPS) is 19.4. The van der Waals surface area contributed by atoms with Crippen molar-refractivity contribution in [2.75, 3.05) is 13.2 Å². The molecular weight excluding hydrogens is 290 g/mol. The van der Waals surface area contributed by atoms with Gasteiger partial charge in [-0.25, -0.2) is 4.79 Å². The van der Waals surface area contributed by atoms with Crippen LogP contribution in [-0.4, -0.2) is 36.3 Å². The molecule has 7 heteroatoms. The smallest absolute Gasteiger partial charge is 0.340 e. The first-order valence-electron chi connectivity index (χ1n) is 7.25. The van der Waals surface area contributed by atoms with Crippen LogP contribution in [0.1, 0.15) is 26.2 Å². The number of ether oxygens (including phenoxy) is 3. The summed E-state index contributed by atoms with van der Waals surface area (Å²) in [7, 11) is 0. The van der Waals surface area contributed by atoms with E-state index in [2.05, 4.69) is 0 Å². The lowest BCUT2D eigenvalue weighted by Crippen LogP contribution is -2.31. The minimum Gasteiger partial charge on any atom is -0.425 e. The van der Waals surface area contributed by atoms with E-state index in [1.807, 2.05) is 0 Å². The predicted molar refractivity (Wildman–Crippen MR) is 77.7 cm³/mol. The summed E-state index contributed by atoms with van der Waals surface area (Å²) in [6, 6.07) is 5.33. The third-order valence-electron chi connectivity index (χ3n) is 3.40. The van der Waals surface area contributed by atoms with Crippen molar-refractivity contribution in [3.05, 3.63) is 34.4 Å². The van der Waals surface area contributed by atoms with Crippen LogP contribution in [0.5, 0.6) is 5.75 Å². The van der Waals surface area contributed by atoms with Crippen LogP contribution in [0.25, 0.3) is 0 Å². The standard InChI is InChI=1S/C15H19NO6/c1-11(21-10-14-4-2-3-9-20-14)15(17)22-13-7-5-12(6-8-13)16(18)19/h5-8,11,14H,2-4,9-10H2,1H3. The van der Waals surface area contributed by atoms with Crippen molar-refractivity contribution in [3.8, 4) is 5.75 Å². The first-order chi connectivity index (χ1) is 10.6. The van der Waals surface area contributed by atoms with Crippen molar-refractivity contribution < 1.29 is 23.9 Å². The Morgan fingerprint density at radius 3 is 2.73 bits per heavy atom. The van der Waals surface area contributed by atoms with Crippen molar-refractivity contribution in [2.45, 2.75) is 38.4 Å². The number of hydrogen-bond acceptors (Lipinski definition) is 6. The highest BCUT2D eigenvalue weighted by Crippen LogP contribution is 2.18. The molecule has 2 atom stereocenters. The van der Waals surface area contributed by atoms with Gasteiger partial charge in [-0.1, -0.05) is 0 Å². The second-order valence-corrected chi connectivity index (χ2v) is 5.14. The van der Waals surface area contributed by atoms with Gasteiger partial charge in [0.1, 0.15) is 5.75 Å². The summed E-state index contributed by atoms with van der Waals surface area (Å²) in [5.74, 6) is -0.287. The predicted octanol–water partition coefficient (Wildman–Crippen LogP) is 2.47. The van der Waals surface area contributed by atoms with E-state index in [0.717, 1.165) is 25.9 Å². The number of nitrogens with zero attached hydrogens (tertiary/aromatic N) is 1. The Bertz CT molecular complexity index is 509. The number of carbonyl (C=O) groups is 1. The molecule has 1 heterocycles. The largest absolute Gasteiger partial charge is 0.425 e. The van der Waals surface area contributed by atoms with E-state index in [0.29, 0.717) is 6.61 Å². The highest BCUT2D eigenvalue weighted by molar-refractivity contribution is 5.76. The van der Waals surface area contributed by atoms with Crippen molar-refractivity contribution in [1.29, 1.82) is 0 Å². The Balaban J connectivity index is 1.78. The lowest BCUT2D eigenvalue weighted by molar-refractivity contribution is -0.384. The summed E-state index contributed by atoms with van der Waals surface area (Å²) in [6.07, 6.45) is 2.41. The Morgan fingerprint density at radius 2 is 2.14 bits per heavy atom. The lowest BCUT2D eigenvalue weighted by Gasteiger charge is -2.23. The van der Waals surface area contributed by atoms with E-state index >= 15 is 0 Å². The van der Waals surface area contributed by atoms with Gasteiger partial charge < -0.3 is 14.2 Å². The molecule has 2 unspecified atom stereocenters. The molecule has 1 aromatic rings. The van der Waals surface area contributed by atoms with Crippen LogP contribution in [-0.2, 0) is 14.3 Å². The van der Waals surface area contributed by atoms with Crippen LogP contribution in [0.4, 0.5) is 5.69 Å². The average molecular weight is 309 g/mol. The van der Waals surface area contributed by atoms with Gasteiger partial charge >= 0.3 is 5.97 Å². The molecule has 0 saturated carbocycles. The van der Waals surface area contributed by atoms with E-state index in [1.54, 1.807) is 6.92 Å². The number of benzene rings is 1. The molecule has 0 spiro atoms. The van der Waals surface area contributed by atoms with E-state index in [9.17, 15) is 14.9 Å². The zero-order chi connectivity index (χ0) is 15.9. The number of rotatable bonds is 6. The zero-order valence-electron chi connectivity index (χ0n) is 12.4. The number of hydrogen-bond donors (Lipinski definition) is 0. The second kappa shape index (κ2) is 7.86. The zero-order valence-corrected chi connectivity index (χ0v) is 12.4. The molecule has 0 N–H and O–H groups in total. The molecule has 0 aliphatic carbocycles. The molecule has 1 aromatic carbocycles. The van der Waals surface area contributed by atoms with E-state index < -0.39 is 17.0 Å². The minimum absolute atomic E-state index is 0.0309. The van der Waals surface area contributed by atoms with Crippen molar-refractivity contribution in [3.63, 3.8) is 0 Å². The Hall–Kier alpha value is -1.99. The molecule has 1 saturated heterocycles. The third kappa shape index (κ3) is 4.78. The molecule has 1 aliphatic rings. The van der Waals surface area contributed by atoms with Crippen LogP contribution in [0.2, 0.25) is 0 Å². The molecule has 120 valence electrons. The maximum Gasteiger partial charge on any atom is 0.340 e. The topological polar surface area (TPSA) is 87.9 Å². The van der Waals surface area contributed by atoms with Gasteiger partial charge in [-0.3, -0.25) is 10.1 Å². The van der Waals surface area contributed by atoms with Crippen LogP contribution in [0.3, 0.4) is 0 Å². The SMILES string of the molecule is CC(OCC1CCCCO1)C(=O)Oc1ccc([N+](=O)[O-])cc1. The Kier molecular flexibility index (Phi) is 5.85. The fourth-order valence-corrected chi connectivity index (χ4v) is 2.09. The van der Waals surface area contributed by atoms with E-state index in [1.165, 1.54) is 24.3 Å². The molecule has 0 radical (unpaired) electrons. The van der Waals surface area contributed by atoms with Crippen LogP contribution < -0.4 is 4.74 Å². The van der Waals surface area contributed by atoms with Crippen LogP contribution in [0, 0.1) is 10.1 Å². The molecule has 2 rings (SSSR count). The van der Waals surface area contributed by atoms with Gasteiger partial charge in [0.05, 0.1) is 17.6 Å². The summed E-state index contributed by atoms with van der Waals surface area (Å²) in [4.78, 5) is 21.9. The van der Waals surface area contributed by atoms with Gasteiger partial charge in [-0.2, -0.15) is 0 Å². The molecule has 1 fully saturated rings. The highest BCUT2D eigenvalue weighted by atomic mass is 16.6. The maximum atomic E-state index is 11.9. The van der Waals surface area contributed by atoms with Crippen molar-refractivity contribution in [1.82, 2.24) is 0 Å². The molecule has 1 aliphatic heterocycles. The van der Waals surface area contributed by atoms with Gasteiger partial charge in [-0.15, -0.1) is 0 Å². The van der Waals surface area contributed by atoms with E-state index in [-0.39, 0.29) is 17.5 Å². The molecule has 22 heavy (non-hydrogen) atoms. The number of nitro groups is 1. The van der Waals surface area contributed by atoms with Gasteiger partial charge in [0.2, 0.25) is 0 Å². The fourth-order valence-electron chi connectivity index (χ4n) is 2.09. The third-order valence-corrected chi connectivity index (χ3v) is 3.40. The van der Waals surface area contributed by atoms with Gasteiger partial charge in [0.25, 0.3) is 5.69 Å². The monoisotopic (exact) mass is 309 g/mol. The summed E-state index contributed by atoms with van der Waals surface area (Å²) >= 11 is 0. The summed E-state index contributed by atoms with van der Waals surface area (Å²) in [6.45, 7) is 2.70. The Morgan fingerprint density at radius 1 is 1.41 bits per heavy atom. The molecule has 0 bridgehead atoms.